The van der Waals surface area contributed by atoms with Crippen molar-refractivity contribution in [2.24, 2.45) is 22.4 Å². The largest absolute Gasteiger partial charge is 0.370 e. The molecule has 4 amide bonds. The van der Waals surface area contributed by atoms with Gasteiger partial charge in [0.25, 0.3) is 11.6 Å². The van der Waals surface area contributed by atoms with Gasteiger partial charge in [0, 0.05) is 36.3 Å². The van der Waals surface area contributed by atoms with Crippen molar-refractivity contribution in [2.45, 2.75) is 51.2 Å². The lowest BCUT2D eigenvalue weighted by Gasteiger charge is -2.27. The molecule has 0 bridgehead atoms. The van der Waals surface area contributed by atoms with Crippen molar-refractivity contribution in [1.82, 2.24) is 16.0 Å². The molecule has 0 saturated heterocycles. The first kappa shape index (κ1) is 35.7. The van der Waals surface area contributed by atoms with Gasteiger partial charge in [-0.2, -0.15) is 0 Å². The lowest BCUT2D eigenvalue weighted by Crippen LogP contribution is -2.58. The smallest absolute Gasteiger partial charge is 0.269 e. The van der Waals surface area contributed by atoms with Crippen LogP contribution in [0.3, 0.4) is 0 Å². The minimum atomic E-state index is -1.07. The van der Waals surface area contributed by atoms with Crippen molar-refractivity contribution < 1.29 is 24.1 Å². The Kier molecular flexibility index (Phi) is 13.4. The maximum absolute atomic E-state index is 13.7. The first-order valence-corrected chi connectivity index (χ1v) is 15.1. The average Bonchev–Trinajstić information content (AvgIpc) is 3.05. The van der Waals surface area contributed by atoms with Crippen LogP contribution in [0.4, 0.5) is 11.4 Å². The number of nitro benzene ring substituents is 1. The van der Waals surface area contributed by atoms with E-state index in [-0.39, 0.29) is 36.7 Å². The SMILES string of the molecule is CC(C)[C@H](NC(=O)[C@H](Cc1ccccc1)NC(=O)c1ccccc1)C(=O)N[C@@H](CCCN=C(N)N)C(=O)Nc1ccc([N+](=O)[O-])cc1. The first-order chi connectivity index (χ1) is 22.4. The minimum absolute atomic E-state index is 0.118. The van der Waals surface area contributed by atoms with Gasteiger partial charge in [0.15, 0.2) is 5.96 Å². The number of hydrogen-bond donors (Lipinski definition) is 6. The second-order valence-electron chi connectivity index (χ2n) is 11.1. The monoisotopic (exact) mass is 644 g/mol. The number of carbonyl (C=O) groups is 4. The summed E-state index contributed by atoms with van der Waals surface area (Å²) in [7, 11) is 0. The highest BCUT2D eigenvalue weighted by molar-refractivity contribution is 6.00. The van der Waals surface area contributed by atoms with Crippen LogP contribution in [0.25, 0.3) is 0 Å². The van der Waals surface area contributed by atoms with E-state index in [1.54, 1.807) is 44.2 Å². The zero-order chi connectivity index (χ0) is 34.3. The Morgan fingerprint density at radius 2 is 1.40 bits per heavy atom. The van der Waals surface area contributed by atoms with Gasteiger partial charge >= 0.3 is 0 Å². The van der Waals surface area contributed by atoms with E-state index in [0.29, 0.717) is 12.0 Å². The molecular weight excluding hydrogens is 604 g/mol. The van der Waals surface area contributed by atoms with E-state index in [9.17, 15) is 29.3 Å². The Labute approximate surface area is 272 Å². The first-order valence-electron chi connectivity index (χ1n) is 15.1. The molecule has 0 radical (unpaired) electrons. The third-order valence-corrected chi connectivity index (χ3v) is 7.11. The zero-order valence-electron chi connectivity index (χ0n) is 26.2. The number of rotatable bonds is 16. The number of hydrogen-bond acceptors (Lipinski definition) is 7. The van der Waals surface area contributed by atoms with Gasteiger partial charge in [-0.25, -0.2) is 0 Å². The van der Waals surface area contributed by atoms with Gasteiger partial charge in [0.2, 0.25) is 17.7 Å². The second kappa shape index (κ2) is 17.6. The molecule has 248 valence electrons. The molecule has 0 fully saturated rings. The van der Waals surface area contributed by atoms with E-state index < -0.39 is 52.6 Å². The van der Waals surface area contributed by atoms with Gasteiger partial charge < -0.3 is 32.7 Å². The highest BCUT2D eigenvalue weighted by Crippen LogP contribution is 2.16. The van der Waals surface area contributed by atoms with E-state index in [1.807, 2.05) is 30.3 Å². The average molecular weight is 645 g/mol. The van der Waals surface area contributed by atoms with Gasteiger partial charge in [-0.05, 0) is 48.6 Å². The summed E-state index contributed by atoms with van der Waals surface area (Å²) in [6.07, 6.45) is 0.645. The van der Waals surface area contributed by atoms with Crippen molar-refractivity contribution in [1.29, 1.82) is 0 Å². The number of aliphatic imine (C=N–C) groups is 1. The highest BCUT2D eigenvalue weighted by Gasteiger charge is 2.31. The van der Waals surface area contributed by atoms with Crippen LogP contribution in [-0.2, 0) is 20.8 Å². The van der Waals surface area contributed by atoms with Crippen LogP contribution < -0.4 is 32.7 Å². The zero-order valence-corrected chi connectivity index (χ0v) is 26.2. The molecule has 0 saturated carbocycles. The third kappa shape index (κ3) is 11.6. The van der Waals surface area contributed by atoms with E-state index in [1.165, 1.54) is 24.3 Å². The normalized spacial score (nSPS) is 12.6. The van der Waals surface area contributed by atoms with Crippen LogP contribution in [0, 0.1) is 16.0 Å². The summed E-state index contributed by atoms with van der Waals surface area (Å²) in [5.74, 6) is -2.74. The van der Waals surface area contributed by atoms with Gasteiger partial charge in [0.1, 0.15) is 18.1 Å². The summed E-state index contributed by atoms with van der Waals surface area (Å²) in [5, 5.41) is 21.9. The van der Waals surface area contributed by atoms with Crippen molar-refractivity contribution in [3.8, 4) is 0 Å². The number of guanidine groups is 1. The predicted octanol–water partition coefficient (Wildman–Crippen LogP) is 2.25. The van der Waals surface area contributed by atoms with Crippen LogP contribution in [-0.4, -0.2) is 59.2 Å². The lowest BCUT2D eigenvalue weighted by molar-refractivity contribution is -0.384. The number of non-ortho nitro benzene ring substituents is 1. The lowest BCUT2D eigenvalue weighted by atomic mass is 10.00. The number of nitro groups is 1. The minimum Gasteiger partial charge on any atom is -0.370 e. The van der Waals surface area contributed by atoms with Gasteiger partial charge in [-0.1, -0.05) is 62.4 Å². The molecule has 0 unspecified atom stereocenters. The molecule has 47 heavy (non-hydrogen) atoms. The Morgan fingerprint density at radius 1 is 0.787 bits per heavy atom. The number of benzene rings is 3. The third-order valence-electron chi connectivity index (χ3n) is 7.11. The summed E-state index contributed by atoms with van der Waals surface area (Å²) >= 11 is 0. The van der Waals surface area contributed by atoms with Crippen LogP contribution >= 0.6 is 0 Å². The fraction of sp³-hybridized carbons (Fsp3) is 0.303. The molecule has 8 N–H and O–H groups in total. The number of carbonyl (C=O) groups excluding carboxylic acids is 4. The van der Waals surface area contributed by atoms with Crippen molar-refractivity contribution in [3.63, 3.8) is 0 Å². The summed E-state index contributed by atoms with van der Waals surface area (Å²) < 4.78 is 0. The van der Waals surface area contributed by atoms with Crippen LogP contribution in [0.1, 0.15) is 42.6 Å². The van der Waals surface area contributed by atoms with Gasteiger partial charge in [0.05, 0.1) is 4.92 Å². The van der Waals surface area contributed by atoms with Gasteiger partial charge in [-0.3, -0.25) is 34.3 Å². The van der Waals surface area contributed by atoms with E-state index in [2.05, 4.69) is 26.3 Å². The number of anilines is 1. The Morgan fingerprint density at radius 3 is 1.98 bits per heavy atom. The molecule has 3 aromatic rings. The summed E-state index contributed by atoms with van der Waals surface area (Å²) in [5.41, 5.74) is 12.1. The van der Waals surface area contributed by atoms with E-state index in [4.69, 9.17) is 11.5 Å². The fourth-order valence-corrected chi connectivity index (χ4v) is 4.61. The number of nitrogens with two attached hydrogens (primary N) is 2. The second-order valence-corrected chi connectivity index (χ2v) is 11.1. The number of nitrogens with one attached hydrogen (secondary N) is 4. The van der Waals surface area contributed by atoms with Gasteiger partial charge in [-0.15, -0.1) is 0 Å². The molecular formula is C33H40N8O6. The molecule has 0 spiro atoms. The summed E-state index contributed by atoms with van der Waals surface area (Å²) in [6.45, 7) is 3.68. The Hall–Kier alpha value is -5.79. The molecule has 0 aliphatic rings. The van der Waals surface area contributed by atoms with Crippen LogP contribution in [0.2, 0.25) is 0 Å². The highest BCUT2D eigenvalue weighted by atomic mass is 16.6. The van der Waals surface area contributed by atoms with Crippen molar-refractivity contribution >= 4 is 41.0 Å². The van der Waals surface area contributed by atoms with E-state index in [0.717, 1.165) is 5.56 Å². The molecule has 14 nitrogen and oxygen atoms in total. The molecule has 3 rings (SSSR count). The molecule has 0 aromatic heterocycles. The fourth-order valence-electron chi connectivity index (χ4n) is 4.61. The van der Waals surface area contributed by atoms with Crippen molar-refractivity contribution in [3.05, 3.63) is 106 Å². The maximum Gasteiger partial charge on any atom is 0.269 e. The standard InChI is InChI=1S/C33H40N8O6/c1-21(2)28(40-31(44)27(20-22-10-5-3-6-11-22)39-29(42)23-12-7-4-8-13-23)32(45)38-26(14-9-19-36-33(34)35)30(43)37-24-15-17-25(18-16-24)41(46)47/h3-8,10-13,15-18,21,26-28H,9,14,19-20H2,1-2H3,(H,37,43)(H,38,45)(H,39,42)(H,40,44)(H4,34,35,36)/t26-,27-,28-/m0/s1. The summed E-state index contributed by atoms with van der Waals surface area (Å²) in [4.78, 5) is 68.0. The quantitative estimate of drug-likeness (QED) is 0.0445. The molecule has 0 aliphatic heterocycles. The Balaban J connectivity index is 1.78. The molecule has 3 aromatic carbocycles. The molecule has 0 aliphatic carbocycles. The van der Waals surface area contributed by atoms with Crippen molar-refractivity contribution in [2.75, 3.05) is 11.9 Å². The summed E-state index contributed by atoms with van der Waals surface area (Å²) in [6, 6.07) is 19.7. The van der Waals surface area contributed by atoms with E-state index >= 15 is 0 Å². The van der Waals surface area contributed by atoms with Crippen LogP contribution in [0.15, 0.2) is 89.9 Å². The molecule has 14 heteroatoms. The molecule has 0 heterocycles. The predicted molar refractivity (Wildman–Crippen MR) is 178 cm³/mol. The topological polar surface area (TPSA) is 224 Å². The number of nitrogens with zero attached hydrogens (tertiary/aromatic N) is 2. The maximum atomic E-state index is 13.7. The molecule has 3 atom stereocenters. The number of amides is 4. The van der Waals surface area contributed by atoms with Crippen LogP contribution in [0.5, 0.6) is 0 Å². The Bertz CT molecular complexity index is 1540.